The van der Waals surface area contributed by atoms with Crippen molar-refractivity contribution in [3.8, 4) is 5.75 Å². The topological polar surface area (TPSA) is 119 Å². The number of carbonyl (C=O) groups excluding carboxylic acids is 1. The summed E-state index contributed by atoms with van der Waals surface area (Å²) in [6.45, 7) is 3.83. The Kier molecular flexibility index (Phi) is 7.07. The lowest BCUT2D eigenvalue weighted by Crippen LogP contribution is -2.34. The van der Waals surface area contributed by atoms with E-state index < -0.39 is 5.91 Å². The quantitative estimate of drug-likeness (QED) is 0.316. The van der Waals surface area contributed by atoms with Gasteiger partial charge in [0.05, 0.1) is 5.56 Å². The van der Waals surface area contributed by atoms with Gasteiger partial charge in [-0.05, 0) is 74.9 Å². The van der Waals surface area contributed by atoms with Crippen LogP contribution in [0.1, 0.15) is 48.9 Å². The van der Waals surface area contributed by atoms with Gasteiger partial charge in [-0.2, -0.15) is 15.0 Å². The number of nitrogens with one attached hydrogen (secondary N) is 2. The van der Waals surface area contributed by atoms with Crippen LogP contribution < -0.4 is 20.4 Å². The van der Waals surface area contributed by atoms with Gasteiger partial charge < -0.3 is 25.5 Å². The molecule has 39 heavy (non-hydrogen) atoms. The summed E-state index contributed by atoms with van der Waals surface area (Å²) in [6, 6.07) is 14.3. The van der Waals surface area contributed by atoms with Gasteiger partial charge in [0.15, 0.2) is 5.75 Å². The Hall–Kier alpha value is -4.47. The number of nitrogens with zero attached hydrogens (tertiary/aromatic N) is 6. The van der Waals surface area contributed by atoms with Gasteiger partial charge in [0.25, 0.3) is 5.91 Å². The molecule has 0 unspecified atom stereocenters. The van der Waals surface area contributed by atoms with Gasteiger partial charge in [-0.1, -0.05) is 12.1 Å². The number of phenolic OH excluding ortho intramolecular Hbond substituents is 1. The lowest BCUT2D eigenvalue weighted by atomic mass is 10.1. The van der Waals surface area contributed by atoms with Crippen molar-refractivity contribution in [1.82, 2.24) is 19.9 Å². The largest absolute Gasteiger partial charge is 0.505 e. The number of benzene rings is 2. The third-order valence-electron chi connectivity index (χ3n) is 7.28. The number of piperidine rings is 2. The fourth-order valence-corrected chi connectivity index (χ4v) is 5.16. The minimum Gasteiger partial charge on any atom is -0.505 e. The Bertz CT molecular complexity index is 1430. The van der Waals surface area contributed by atoms with Gasteiger partial charge in [-0.3, -0.25) is 9.78 Å². The molecular weight excluding hydrogens is 492 g/mol. The molecule has 2 fully saturated rings. The molecule has 0 atom stereocenters. The van der Waals surface area contributed by atoms with Crippen molar-refractivity contribution in [2.45, 2.75) is 38.5 Å². The Morgan fingerprint density at radius 1 is 0.744 bits per heavy atom. The van der Waals surface area contributed by atoms with Crippen molar-refractivity contribution in [2.75, 3.05) is 46.6 Å². The third-order valence-corrected chi connectivity index (χ3v) is 7.28. The summed E-state index contributed by atoms with van der Waals surface area (Å²) < 4.78 is 0. The first-order valence-corrected chi connectivity index (χ1v) is 13.7. The van der Waals surface area contributed by atoms with Gasteiger partial charge in [0, 0.05) is 49.1 Å². The van der Waals surface area contributed by atoms with E-state index in [-0.39, 0.29) is 11.3 Å². The van der Waals surface area contributed by atoms with Gasteiger partial charge in [0.1, 0.15) is 5.52 Å². The zero-order valence-electron chi connectivity index (χ0n) is 21.8. The lowest BCUT2D eigenvalue weighted by molar-refractivity contribution is 0.102. The Balaban J connectivity index is 1.19. The Morgan fingerprint density at radius 2 is 1.36 bits per heavy atom. The fraction of sp³-hybridized carbons (Fsp3) is 0.345. The number of fused-ring (bicyclic) bond motifs is 1. The maximum absolute atomic E-state index is 12.9. The molecular formula is C29H32N8O2. The van der Waals surface area contributed by atoms with Crippen LogP contribution in [0.25, 0.3) is 10.9 Å². The summed E-state index contributed by atoms with van der Waals surface area (Å²) in [4.78, 5) is 35.9. The molecule has 10 nitrogen and oxygen atoms in total. The summed E-state index contributed by atoms with van der Waals surface area (Å²) in [5, 5.41) is 17.5. The van der Waals surface area contributed by atoms with Crippen LogP contribution in [0.5, 0.6) is 5.75 Å². The van der Waals surface area contributed by atoms with E-state index in [1.54, 1.807) is 36.5 Å². The molecule has 0 aliphatic carbocycles. The molecule has 0 bridgehead atoms. The molecule has 2 saturated heterocycles. The van der Waals surface area contributed by atoms with Gasteiger partial charge in [-0.15, -0.1) is 0 Å². The predicted molar refractivity (Wildman–Crippen MR) is 153 cm³/mol. The molecule has 3 N–H and O–H groups in total. The minimum atomic E-state index is -0.407. The molecule has 0 radical (unpaired) electrons. The summed E-state index contributed by atoms with van der Waals surface area (Å²) in [6.07, 6.45) is 8.66. The molecule has 10 heteroatoms. The molecule has 0 spiro atoms. The van der Waals surface area contributed by atoms with Crippen LogP contribution in [-0.4, -0.2) is 57.1 Å². The number of aromatic nitrogens is 4. The highest BCUT2D eigenvalue weighted by Gasteiger charge is 2.21. The Labute approximate surface area is 227 Å². The summed E-state index contributed by atoms with van der Waals surface area (Å²) >= 11 is 0. The van der Waals surface area contributed by atoms with Crippen LogP contribution >= 0.6 is 0 Å². The van der Waals surface area contributed by atoms with Crippen LogP contribution in [0.4, 0.5) is 29.2 Å². The lowest BCUT2D eigenvalue weighted by Gasteiger charge is -2.30. The van der Waals surface area contributed by atoms with E-state index >= 15 is 0 Å². The van der Waals surface area contributed by atoms with E-state index in [2.05, 4.69) is 25.4 Å². The number of pyridine rings is 1. The molecule has 2 aliphatic heterocycles. The van der Waals surface area contributed by atoms with Crippen molar-refractivity contribution in [1.29, 1.82) is 0 Å². The number of aromatic hydroxyl groups is 1. The van der Waals surface area contributed by atoms with Gasteiger partial charge in [-0.25, -0.2) is 0 Å². The standard InChI is InChI=1S/C29H32N8O2/c38-25-23(14-9-20-8-7-15-30-24(20)25)26(39)31-21-10-12-22(13-11-21)32-27-33-28(36-16-3-1-4-17-36)35-29(34-27)37-18-5-2-6-19-37/h7-15,38H,1-6,16-19H2,(H,31,39)(H,32,33,34,35). The van der Waals surface area contributed by atoms with Crippen LogP contribution in [0.15, 0.2) is 54.7 Å². The second-order valence-corrected chi connectivity index (χ2v) is 10.0. The smallest absolute Gasteiger partial charge is 0.259 e. The highest BCUT2D eigenvalue weighted by molar-refractivity contribution is 6.09. The average molecular weight is 525 g/mol. The maximum atomic E-state index is 12.9. The molecule has 6 rings (SSSR count). The normalized spacial score (nSPS) is 15.8. The first kappa shape index (κ1) is 24.8. The van der Waals surface area contributed by atoms with Crippen molar-refractivity contribution in [3.05, 3.63) is 60.3 Å². The van der Waals surface area contributed by atoms with E-state index in [4.69, 9.17) is 15.0 Å². The summed E-state index contributed by atoms with van der Waals surface area (Å²) in [5.74, 6) is 1.42. The summed E-state index contributed by atoms with van der Waals surface area (Å²) in [5.41, 5.74) is 1.97. The molecule has 0 saturated carbocycles. The van der Waals surface area contributed by atoms with Gasteiger partial charge >= 0.3 is 0 Å². The van der Waals surface area contributed by atoms with Crippen molar-refractivity contribution in [3.63, 3.8) is 0 Å². The van der Waals surface area contributed by atoms with Crippen LogP contribution in [0.3, 0.4) is 0 Å². The SMILES string of the molecule is O=C(Nc1ccc(Nc2nc(N3CCCCC3)nc(N3CCCCC3)n2)cc1)c1ccc2cccnc2c1O. The molecule has 4 aromatic rings. The highest BCUT2D eigenvalue weighted by atomic mass is 16.3. The van der Waals surface area contributed by atoms with Crippen LogP contribution in [0, 0.1) is 0 Å². The van der Waals surface area contributed by atoms with E-state index in [0.29, 0.717) is 17.2 Å². The maximum Gasteiger partial charge on any atom is 0.259 e. The van der Waals surface area contributed by atoms with Crippen LogP contribution in [0.2, 0.25) is 0 Å². The molecule has 2 aromatic carbocycles. The minimum absolute atomic E-state index is 0.132. The molecule has 200 valence electrons. The number of amides is 1. The van der Waals surface area contributed by atoms with Crippen LogP contribution in [-0.2, 0) is 0 Å². The molecule has 1 amide bonds. The number of carbonyl (C=O) groups is 1. The number of hydrogen-bond donors (Lipinski definition) is 3. The first-order chi connectivity index (χ1) is 19.1. The average Bonchev–Trinajstić information content (AvgIpc) is 2.99. The van der Waals surface area contributed by atoms with E-state index in [1.807, 2.05) is 18.2 Å². The zero-order chi connectivity index (χ0) is 26.6. The summed E-state index contributed by atoms with van der Waals surface area (Å²) in [7, 11) is 0. The van der Waals surface area contributed by atoms with E-state index in [0.717, 1.165) is 74.8 Å². The molecule has 2 aromatic heterocycles. The number of hydrogen-bond acceptors (Lipinski definition) is 9. The van der Waals surface area contributed by atoms with Crippen molar-refractivity contribution < 1.29 is 9.90 Å². The van der Waals surface area contributed by atoms with E-state index in [9.17, 15) is 9.90 Å². The Morgan fingerprint density at radius 3 is 2.00 bits per heavy atom. The predicted octanol–water partition coefficient (Wildman–Crippen LogP) is 5.10. The first-order valence-electron chi connectivity index (χ1n) is 13.7. The molecule has 4 heterocycles. The zero-order valence-corrected chi connectivity index (χ0v) is 21.8. The van der Waals surface area contributed by atoms with Gasteiger partial charge in [0.2, 0.25) is 17.8 Å². The number of rotatable bonds is 6. The monoisotopic (exact) mass is 524 g/mol. The highest BCUT2D eigenvalue weighted by Crippen LogP contribution is 2.28. The second kappa shape index (κ2) is 11.1. The van der Waals surface area contributed by atoms with Crippen molar-refractivity contribution in [2.24, 2.45) is 0 Å². The number of anilines is 5. The second-order valence-electron chi connectivity index (χ2n) is 10.0. The number of phenols is 1. The van der Waals surface area contributed by atoms with Crippen molar-refractivity contribution >= 4 is 46.0 Å². The van der Waals surface area contributed by atoms with E-state index in [1.165, 1.54) is 12.8 Å². The fourth-order valence-electron chi connectivity index (χ4n) is 5.16. The third kappa shape index (κ3) is 5.55. The molecule has 2 aliphatic rings.